The number of rotatable bonds is 6. The molecule has 4 N–H and O–H groups in total. The van der Waals surface area contributed by atoms with Crippen molar-refractivity contribution in [2.24, 2.45) is 5.73 Å². The van der Waals surface area contributed by atoms with Crippen LogP contribution in [0.4, 0.5) is 11.6 Å². The zero-order valence-electron chi connectivity index (χ0n) is 18.4. The smallest absolute Gasteiger partial charge is 0.223 e. The van der Waals surface area contributed by atoms with E-state index in [2.05, 4.69) is 20.6 Å². The fourth-order valence-electron chi connectivity index (χ4n) is 4.23. The first kappa shape index (κ1) is 21.5. The van der Waals surface area contributed by atoms with E-state index >= 15 is 0 Å². The van der Waals surface area contributed by atoms with Crippen LogP contribution in [0.15, 0.2) is 42.4 Å². The summed E-state index contributed by atoms with van der Waals surface area (Å²) in [7, 11) is 0. The molecule has 0 aliphatic carbocycles. The number of piperidine rings is 1. The summed E-state index contributed by atoms with van der Waals surface area (Å²) in [5, 5.41) is 6.33. The average molecular weight is 453 g/mol. The molecule has 33 heavy (non-hydrogen) atoms. The summed E-state index contributed by atoms with van der Waals surface area (Å²) in [6, 6.07) is 9.34. The Balaban J connectivity index is 1.09. The fraction of sp³-hybridized carbons (Fsp3) is 0.435. The van der Waals surface area contributed by atoms with Gasteiger partial charge in [-0.1, -0.05) is 12.1 Å². The molecule has 0 radical (unpaired) electrons. The van der Waals surface area contributed by atoms with E-state index in [9.17, 15) is 4.79 Å². The number of nitrogens with zero attached hydrogens (tertiary/aromatic N) is 3. The first-order chi connectivity index (χ1) is 16.1. The van der Waals surface area contributed by atoms with E-state index in [0.717, 1.165) is 24.3 Å². The molecule has 5 rings (SSSR count). The minimum atomic E-state index is -0.459. The Bertz CT molecular complexity index is 1020. The number of likely N-dealkylation sites (tertiary alicyclic amines) is 1. The van der Waals surface area contributed by atoms with Crippen molar-refractivity contribution in [3.05, 3.63) is 48.1 Å². The van der Waals surface area contributed by atoms with Gasteiger partial charge in [-0.05, 0) is 24.6 Å². The largest absolute Gasteiger partial charge is 0.437 e. The lowest BCUT2D eigenvalue weighted by Gasteiger charge is -2.37. The molecule has 4 heterocycles. The van der Waals surface area contributed by atoms with Crippen LogP contribution in [0.2, 0.25) is 0 Å². The second kappa shape index (κ2) is 9.24. The Hall–Kier alpha value is -3.37. The molecule has 3 aliphatic rings. The van der Waals surface area contributed by atoms with Crippen molar-refractivity contribution in [1.82, 2.24) is 14.9 Å². The van der Waals surface area contributed by atoms with E-state index in [4.69, 9.17) is 19.9 Å². The maximum atomic E-state index is 12.5. The number of hydrogen-bond donors (Lipinski definition) is 3. The average Bonchev–Trinajstić information content (AvgIpc) is 3.49. The molecular formula is C23H28N6O4. The van der Waals surface area contributed by atoms with E-state index in [1.807, 2.05) is 29.2 Å². The highest BCUT2D eigenvalue weighted by atomic mass is 16.7. The highest BCUT2D eigenvalue weighted by Crippen LogP contribution is 2.34. The van der Waals surface area contributed by atoms with Crippen molar-refractivity contribution in [2.45, 2.75) is 31.5 Å². The van der Waals surface area contributed by atoms with E-state index in [1.165, 1.54) is 0 Å². The molecule has 0 bridgehead atoms. The summed E-state index contributed by atoms with van der Waals surface area (Å²) in [6.07, 6.45) is 4.25. The molecule has 2 saturated heterocycles. The molecular weight excluding hydrogens is 424 g/mol. The molecule has 0 unspecified atom stereocenters. The lowest BCUT2D eigenvalue weighted by Crippen LogP contribution is -2.47. The third-order valence-electron chi connectivity index (χ3n) is 6.07. The third-order valence-corrected chi connectivity index (χ3v) is 6.07. The van der Waals surface area contributed by atoms with Gasteiger partial charge in [0.25, 0.3) is 0 Å². The second-order valence-corrected chi connectivity index (χ2v) is 8.25. The van der Waals surface area contributed by atoms with E-state index < -0.39 is 5.79 Å². The van der Waals surface area contributed by atoms with E-state index in [1.54, 1.807) is 12.3 Å². The number of para-hydroxylation sites is 2. The van der Waals surface area contributed by atoms with Crippen LogP contribution in [0.3, 0.4) is 0 Å². The van der Waals surface area contributed by atoms with Crippen LogP contribution < -0.4 is 21.1 Å². The monoisotopic (exact) mass is 452 g/mol. The number of benzene rings is 1. The molecule has 2 fully saturated rings. The Kier molecular flexibility index (Phi) is 6.01. The molecule has 1 amide bonds. The molecule has 1 aromatic carbocycles. The number of carbonyl (C=O) groups is 1. The van der Waals surface area contributed by atoms with Crippen molar-refractivity contribution in [1.29, 1.82) is 0 Å². The van der Waals surface area contributed by atoms with Crippen molar-refractivity contribution in [2.75, 3.05) is 43.5 Å². The molecule has 10 heteroatoms. The van der Waals surface area contributed by atoms with Crippen molar-refractivity contribution in [3.63, 3.8) is 0 Å². The van der Waals surface area contributed by atoms with Gasteiger partial charge < -0.3 is 35.5 Å². The van der Waals surface area contributed by atoms with Gasteiger partial charge in [-0.2, -0.15) is 0 Å². The molecule has 3 aliphatic heterocycles. The fourth-order valence-corrected chi connectivity index (χ4v) is 4.23. The lowest BCUT2D eigenvalue weighted by atomic mass is 10.0. The first-order valence-corrected chi connectivity index (χ1v) is 11.3. The Morgan fingerprint density at radius 3 is 2.76 bits per heavy atom. The number of nitrogens with one attached hydrogen (secondary N) is 2. The molecule has 1 spiro atoms. The van der Waals surface area contributed by atoms with Crippen molar-refractivity contribution >= 4 is 23.2 Å². The highest BCUT2D eigenvalue weighted by Gasteiger charge is 2.40. The van der Waals surface area contributed by atoms with Gasteiger partial charge in [-0.25, -0.2) is 9.97 Å². The number of carbonyl (C=O) groups excluding carboxylic acids is 1. The molecule has 0 atom stereocenters. The Morgan fingerprint density at radius 2 is 1.97 bits per heavy atom. The predicted molar refractivity (Wildman–Crippen MR) is 122 cm³/mol. The molecule has 1 aromatic heterocycles. The minimum Gasteiger partial charge on any atom is -0.437 e. The number of aromatic nitrogens is 2. The summed E-state index contributed by atoms with van der Waals surface area (Å²) in [4.78, 5) is 23.2. The van der Waals surface area contributed by atoms with Crippen LogP contribution in [0.1, 0.15) is 31.4 Å². The molecule has 174 valence electrons. The standard InChI is InChI=1S/C23H28N6O4/c24-20(21-27-16-4-1-2-5-18(16)33-21)17-7-11-26-22(28-17)25-10-3-6-19(30)29-12-8-23(9-13-29)31-14-15-32-23/h1-2,4-5,7,11,27H,3,6,8-10,12-15,24H2,(H,25,26,28)/b21-20+. The number of hydrogen-bond acceptors (Lipinski definition) is 9. The number of amides is 1. The van der Waals surface area contributed by atoms with Crippen LogP contribution in [0.5, 0.6) is 5.75 Å². The van der Waals surface area contributed by atoms with Crippen molar-refractivity contribution < 1.29 is 19.0 Å². The lowest BCUT2D eigenvalue weighted by molar-refractivity contribution is -0.187. The van der Waals surface area contributed by atoms with E-state index in [0.29, 0.717) is 68.9 Å². The zero-order chi connectivity index (χ0) is 22.7. The van der Waals surface area contributed by atoms with Crippen LogP contribution in [-0.2, 0) is 14.3 Å². The first-order valence-electron chi connectivity index (χ1n) is 11.3. The Labute approximate surface area is 192 Å². The van der Waals surface area contributed by atoms with Crippen LogP contribution in [-0.4, -0.2) is 59.4 Å². The quantitative estimate of drug-likeness (QED) is 0.565. The topological polar surface area (TPSA) is 124 Å². The Morgan fingerprint density at radius 1 is 1.18 bits per heavy atom. The molecule has 0 saturated carbocycles. The summed E-state index contributed by atoms with van der Waals surface area (Å²) in [5.41, 5.74) is 8.08. The maximum absolute atomic E-state index is 12.5. The van der Waals surface area contributed by atoms with Gasteiger partial charge in [0.2, 0.25) is 17.7 Å². The normalized spacial score (nSPS) is 20.2. The van der Waals surface area contributed by atoms with Crippen LogP contribution >= 0.6 is 0 Å². The minimum absolute atomic E-state index is 0.150. The maximum Gasteiger partial charge on any atom is 0.223 e. The van der Waals surface area contributed by atoms with E-state index in [-0.39, 0.29) is 5.91 Å². The number of fused-ring (bicyclic) bond motifs is 1. The third kappa shape index (κ3) is 4.71. The highest BCUT2D eigenvalue weighted by molar-refractivity contribution is 5.76. The molecule has 10 nitrogen and oxygen atoms in total. The van der Waals surface area contributed by atoms with Gasteiger partial charge in [0.1, 0.15) is 5.70 Å². The summed E-state index contributed by atoms with van der Waals surface area (Å²) in [5.74, 6) is 1.31. The van der Waals surface area contributed by atoms with Gasteiger partial charge in [-0.15, -0.1) is 0 Å². The van der Waals surface area contributed by atoms with Crippen molar-refractivity contribution in [3.8, 4) is 5.75 Å². The molecule has 2 aromatic rings. The second-order valence-electron chi connectivity index (χ2n) is 8.25. The van der Waals surface area contributed by atoms with Gasteiger partial charge in [0, 0.05) is 45.1 Å². The SMILES string of the molecule is N/C(=C1\Nc2ccccc2O1)c1ccnc(NCCCC(=O)N2CCC3(CC2)OCCO3)n1. The van der Waals surface area contributed by atoms with Gasteiger partial charge in [-0.3, -0.25) is 4.79 Å². The number of anilines is 2. The zero-order valence-corrected chi connectivity index (χ0v) is 18.4. The van der Waals surface area contributed by atoms with Crippen LogP contribution in [0, 0.1) is 0 Å². The van der Waals surface area contributed by atoms with Crippen LogP contribution in [0.25, 0.3) is 5.70 Å². The van der Waals surface area contributed by atoms with Gasteiger partial charge in [0.05, 0.1) is 24.6 Å². The summed E-state index contributed by atoms with van der Waals surface area (Å²) < 4.78 is 17.2. The number of ether oxygens (including phenoxy) is 3. The number of nitrogens with two attached hydrogens (primary N) is 1. The summed E-state index contributed by atoms with van der Waals surface area (Å²) >= 11 is 0. The predicted octanol–water partition coefficient (Wildman–Crippen LogP) is 2.12. The van der Waals surface area contributed by atoms with Gasteiger partial charge >= 0.3 is 0 Å². The summed E-state index contributed by atoms with van der Waals surface area (Å²) in [6.45, 7) is 3.21. The van der Waals surface area contributed by atoms with Gasteiger partial charge in [0.15, 0.2) is 11.5 Å².